The van der Waals surface area contributed by atoms with Crippen LogP contribution in [0.2, 0.25) is 0 Å². The second-order valence-corrected chi connectivity index (χ2v) is 10.9. The topological polar surface area (TPSA) is 120 Å². The first kappa shape index (κ1) is 29.1. The summed E-state index contributed by atoms with van der Waals surface area (Å²) in [6.45, 7) is 5.18. The molecule has 0 saturated carbocycles. The van der Waals surface area contributed by atoms with Crippen molar-refractivity contribution in [3.8, 4) is 22.9 Å². The molecule has 1 aromatic carbocycles. The van der Waals surface area contributed by atoms with Crippen LogP contribution in [-0.4, -0.2) is 72.2 Å². The first-order valence-electron chi connectivity index (χ1n) is 14.5. The number of anilines is 1. The Kier molecular flexibility index (Phi) is 7.92. The van der Waals surface area contributed by atoms with E-state index in [9.17, 15) is 13.6 Å². The zero-order chi connectivity index (χ0) is 30.8. The maximum Gasteiger partial charge on any atom is 0.256 e. The first-order chi connectivity index (χ1) is 21.3. The number of fused-ring (bicyclic) bond motifs is 2. The first-order valence-corrected chi connectivity index (χ1v) is 14.5. The van der Waals surface area contributed by atoms with Crippen LogP contribution in [0.1, 0.15) is 24.0 Å². The van der Waals surface area contributed by atoms with Gasteiger partial charge in [-0.15, -0.1) is 0 Å². The molecule has 1 saturated heterocycles. The summed E-state index contributed by atoms with van der Waals surface area (Å²) in [6, 6.07) is 15.0. The number of nitrogens with zero attached hydrogens (tertiary/aromatic N) is 7. The molecular weight excluding hydrogens is 564 g/mol. The molecule has 4 aromatic heterocycles. The minimum atomic E-state index is -2.72. The lowest BCUT2D eigenvalue weighted by atomic mass is 10.1. The van der Waals surface area contributed by atoms with E-state index >= 15 is 0 Å². The number of nitrogens with one attached hydrogen (secondary N) is 1. The van der Waals surface area contributed by atoms with E-state index in [0.29, 0.717) is 57.0 Å². The molecule has 0 bridgehead atoms. The predicted molar refractivity (Wildman–Crippen MR) is 165 cm³/mol. The monoisotopic (exact) mass is 597 g/mol. The van der Waals surface area contributed by atoms with Crippen LogP contribution in [0, 0.1) is 0 Å². The number of amides is 1. The highest BCUT2D eigenvalue weighted by molar-refractivity contribution is 5.87. The van der Waals surface area contributed by atoms with Crippen molar-refractivity contribution in [3.63, 3.8) is 0 Å². The van der Waals surface area contributed by atoms with Crippen LogP contribution in [0.15, 0.2) is 79.8 Å². The van der Waals surface area contributed by atoms with Crippen LogP contribution >= 0.6 is 0 Å². The third-order valence-corrected chi connectivity index (χ3v) is 8.04. The number of benzene rings is 1. The van der Waals surface area contributed by atoms with Gasteiger partial charge in [-0.1, -0.05) is 12.6 Å². The number of nitrogens with two attached hydrogens (primary N) is 1. The molecule has 0 spiro atoms. The Balaban J connectivity index is 0.000000242. The summed E-state index contributed by atoms with van der Waals surface area (Å²) in [6.07, 6.45) is 8.05. The fourth-order valence-corrected chi connectivity index (χ4v) is 5.74. The van der Waals surface area contributed by atoms with E-state index in [4.69, 9.17) is 15.7 Å². The lowest BCUT2D eigenvalue weighted by molar-refractivity contribution is -0.127. The second-order valence-electron chi connectivity index (χ2n) is 10.9. The molecule has 1 aliphatic heterocycles. The van der Waals surface area contributed by atoms with Crippen molar-refractivity contribution in [2.75, 3.05) is 25.9 Å². The zero-order valence-corrected chi connectivity index (χ0v) is 24.3. The van der Waals surface area contributed by atoms with Crippen molar-refractivity contribution in [1.82, 2.24) is 39.5 Å². The van der Waals surface area contributed by atoms with Crippen molar-refractivity contribution in [2.24, 2.45) is 0 Å². The number of alkyl halides is 2. The molecule has 7 rings (SSSR count). The van der Waals surface area contributed by atoms with Crippen LogP contribution in [0.3, 0.4) is 0 Å². The molecule has 1 amide bonds. The summed E-state index contributed by atoms with van der Waals surface area (Å²) in [5.74, 6) is -1.18. The molecule has 5 aromatic rings. The van der Waals surface area contributed by atoms with Gasteiger partial charge in [0.05, 0.1) is 5.56 Å². The van der Waals surface area contributed by atoms with Gasteiger partial charge in [-0.05, 0) is 79.6 Å². The number of likely N-dealkylation sites (tertiary alicyclic amines) is 1. The minimum absolute atomic E-state index is 0.0598. The second kappa shape index (κ2) is 12.0. The number of imidazole rings is 1. The predicted octanol–water partition coefficient (Wildman–Crippen LogP) is 4.37. The van der Waals surface area contributed by atoms with Gasteiger partial charge in [0.25, 0.3) is 5.92 Å². The summed E-state index contributed by atoms with van der Waals surface area (Å²) >= 11 is 0. The molecule has 12 heteroatoms. The van der Waals surface area contributed by atoms with Crippen molar-refractivity contribution < 1.29 is 13.6 Å². The van der Waals surface area contributed by atoms with Gasteiger partial charge in [-0.2, -0.15) is 5.10 Å². The summed E-state index contributed by atoms with van der Waals surface area (Å²) in [5.41, 5.74) is 9.98. The summed E-state index contributed by atoms with van der Waals surface area (Å²) in [5, 5.41) is 7.47. The van der Waals surface area contributed by atoms with Crippen molar-refractivity contribution in [3.05, 3.63) is 90.9 Å². The Morgan fingerprint density at radius 3 is 2.57 bits per heavy atom. The average molecular weight is 598 g/mol. The lowest BCUT2D eigenvalue weighted by Crippen LogP contribution is -2.43. The third-order valence-electron chi connectivity index (χ3n) is 8.04. The Hall–Kier alpha value is -4.97. The van der Waals surface area contributed by atoms with Gasteiger partial charge in [0, 0.05) is 56.3 Å². The molecule has 226 valence electrons. The van der Waals surface area contributed by atoms with E-state index in [1.807, 2.05) is 46.8 Å². The van der Waals surface area contributed by atoms with E-state index in [2.05, 4.69) is 22.0 Å². The molecular formula is C32H33F2N9O. The van der Waals surface area contributed by atoms with E-state index < -0.39 is 5.92 Å². The van der Waals surface area contributed by atoms with Crippen LogP contribution < -0.4 is 11.1 Å². The number of hydrogen-bond acceptors (Lipinski definition) is 7. The lowest BCUT2D eigenvalue weighted by Gasteiger charge is -2.30. The number of hydrogen-bond donors (Lipinski definition) is 2. The molecule has 3 N–H and O–H groups in total. The smallest absolute Gasteiger partial charge is 0.256 e. The minimum Gasteiger partial charge on any atom is -0.383 e. The van der Waals surface area contributed by atoms with Crippen LogP contribution in [0.4, 0.5) is 14.6 Å². The fourth-order valence-electron chi connectivity index (χ4n) is 5.74. The van der Waals surface area contributed by atoms with Gasteiger partial charge >= 0.3 is 0 Å². The maximum atomic E-state index is 14.0. The molecule has 5 heterocycles. The number of carbonyl (C=O) groups excluding carboxylic acids is 1. The Labute approximate surface area is 253 Å². The van der Waals surface area contributed by atoms with Gasteiger partial charge in [-0.25, -0.2) is 28.4 Å². The Morgan fingerprint density at radius 2 is 1.86 bits per heavy atom. The van der Waals surface area contributed by atoms with Crippen LogP contribution in [0.5, 0.6) is 0 Å². The van der Waals surface area contributed by atoms with Crippen molar-refractivity contribution in [1.29, 1.82) is 0 Å². The molecule has 0 radical (unpaired) electrons. The number of carbonyl (C=O) groups is 1. The largest absolute Gasteiger partial charge is 0.383 e. The highest BCUT2D eigenvalue weighted by atomic mass is 19.3. The fraction of sp³-hybridized carbons (Fsp3) is 0.281. The van der Waals surface area contributed by atoms with Gasteiger partial charge in [0.2, 0.25) is 5.91 Å². The van der Waals surface area contributed by atoms with Gasteiger partial charge < -0.3 is 16.0 Å². The Bertz CT molecular complexity index is 1810. The van der Waals surface area contributed by atoms with E-state index in [-0.39, 0.29) is 18.7 Å². The molecule has 0 atom stereocenters. The Morgan fingerprint density at radius 1 is 1.07 bits per heavy atom. The number of rotatable bonds is 5. The van der Waals surface area contributed by atoms with Gasteiger partial charge in [0.1, 0.15) is 11.3 Å². The highest BCUT2D eigenvalue weighted by Gasteiger charge is 2.37. The quantitative estimate of drug-likeness (QED) is 0.289. The van der Waals surface area contributed by atoms with Gasteiger partial charge in [0.15, 0.2) is 17.3 Å². The molecule has 0 unspecified atom stereocenters. The average Bonchev–Trinajstić information content (AvgIpc) is 3.77. The number of piperidine rings is 1. The SMILES string of the molecule is C=CC(=O)N1CCC(NC)CC1.Nc1ncccc1-c1nc2ccc(-n3cccn3)nc2n1-c1ccc2c(c1)CC(F)(F)C2. The maximum absolute atomic E-state index is 14.0. The third kappa shape index (κ3) is 5.80. The number of aromatic nitrogens is 6. The van der Waals surface area contributed by atoms with Crippen molar-refractivity contribution in [2.45, 2.75) is 37.6 Å². The zero-order valence-electron chi connectivity index (χ0n) is 24.3. The molecule has 44 heavy (non-hydrogen) atoms. The summed E-state index contributed by atoms with van der Waals surface area (Å²) < 4.78 is 31.5. The normalized spacial score (nSPS) is 15.9. The van der Waals surface area contributed by atoms with Gasteiger partial charge in [-0.3, -0.25) is 9.36 Å². The van der Waals surface area contributed by atoms with Crippen LogP contribution in [-0.2, 0) is 17.6 Å². The molecule has 2 aliphatic rings. The number of nitrogen functional groups attached to an aromatic ring is 1. The number of pyridine rings is 2. The summed E-state index contributed by atoms with van der Waals surface area (Å²) in [7, 11) is 1.97. The molecule has 1 aliphatic carbocycles. The standard InChI is InChI=1S/C23H17F2N7.C9H16N2O/c24-23(25)12-14-4-5-16(11-15(14)13-23)32-21(17-3-1-8-27-20(17)26)29-18-6-7-19(30-22(18)32)31-10-2-9-28-31;1-3-9(12)11-6-4-8(10-2)5-7-11/h1-11H,12-13H2,(H2,26,27);3,8,10H,1,4-7H2,2H3. The summed E-state index contributed by atoms with van der Waals surface area (Å²) in [4.78, 5) is 26.7. The highest BCUT2D eigenvalue weighted by Crippen LogP contribution is 2.37. The van der Waals surface area contributed by atoms with Crippen molar-refractivity contribution >= 4 is 22.9 Å². The number of halogens is 2. The van der Waals surface area contributed by atoms with E-state index in [1.165, 1.54) is 6.08 Å². The van der Waals surface area contributed by atoms with E-state index in [0.717, 1.165) is 25.9 Å². The molecule has 1 fully saturated rings. The van der Waals surface area contributed by atoms with Crippen LogP contribution in [0.25, 0.3) is 34.1 Å². The van der Waals surface area contributed by atoms with E-state index in [1.54, 1.807) is 41.5 Å². The molecule has 10 nitrogen and oxygen atoms in total.